The molecule has 0 fully saturated rings. The van der Waals surface area contributed by atoms with Crippen LogP contribution < -0.4 is 51.4 Å². The quantitative estimate of drug-likeness (QED) is 0.431. The van der Waals surface area contributed by atoms with Gasteiger partial charge in [-0.1, -0.05) is 17.7 Å². The van der Waals surface area contributed by atoms with Gasteiger partial charge in [-0.15, -0.1) is 5.98 Å². The van der Waals surface area contributed by atoms with Crippen molar-refractivity contribution < 1.29 is 73.1 Å². The van der Waals surface area contributed by atoms with Crippen molar-refractivity contribution in [3.05, 3.63) is 40.3 Å². The topological polar surface area (TPSA) is 0 Å². The second kappa shape index (κ2) is 6.51. The largest absolute Gasteiger partial charge is 1.00 e. The zero-order chi connectivity index (χ0) is 11.6. The fourth-order valence-electron chi connectivity index (χ4n) is 0.878. The first kappa shape index (κ1) is 16.6. The Balaban J connectivity index is 0.00000225. The van der Waals surface area contributed by atoms with Crippen LogP contribution in [0.25, 0.3) is 6.08 Å². The Bertz CT molecular complexity index is 404. The van der Waals surface area contributed by atoms with E-state index < -0.39 is 29.2 Å². The maximum absolute atomic E-state index is 12.9. The molecule has 82 valence electrons. The van der Waals surface area contributed by atoms with Crippen LogP contribution in [0.3, 0.4) is 0 Å². The molecule has 0 saturated carbocycles. The predicted octanol–water partition coefficient (Wildman–Crippen LogP) is 1.02. The molecule has 1 rings (SSSR count). The summed E-state index contributed by atoms with van der Waals surface area (Å²) >= 11 is 5.28. The summed E-state index contributed by atoms with van der Waals surface area (Å²) in [6, 6.07) is 1.23. The van der Waals surface area contributed by atoms with E-state index >= 15 is 0 Å². The first-order valence-electron chi connectivity index (χ1n) is 3.83. The van der Waals surface area contributed by atoms with E-state index in [1.807, 2.05) is 0 Å². The van der Waals surface area contributed by atoms with Gasteiger partial charge in [-0.3, -0.25) is 0 Å². The number of benzene rings is 1. The third-order valence-electron chi connectivity index (χ3n) is 1.53. The van der Waals surface area contributed by atoms with Gasteiger partial charge < -0.3 is 12.9 Å². The normalized spacial score (nSPS) is 11.6. The molecule has 1 aromatic rings. The van der Waals surface area contributed by atoms with Gasteiger partial charge in [0.05, 0.1) is 5.02 Å². The molecule has 0 saturated heterocycles. The van der Waals surface area contributed by atoms with Crippen LogP contribution in [0.15, 0.2) is 18.1 Å². The summed E-state index contributed by atoms with van der Waals surface area (Å²) in [5.74, 6) is -2.19. The van der Waals surface area contributed by atoms with Crippen molar-refractivity contribution in [2.24, 2.45) is 0 Å². The molecule has 0 nitrogen and oxygen atoms in total. The summed E-state index contributed by atoms with van der Waals surface area (Å²) in [6.07, 6.45) is 0.515. The molecule has 0 amide bonds. The maximum atomic E-state index is 12.9. The molecule has 0 aromatic heterocycles. The van der Waals surface area contributed by atoms with E-state index in [0.717, 1.165) is 6.07 Å². The summed E-state index contributed by atoms with van der Waals surface area (Å²) < 4.78 is 60.9. The summed E-state index contributed by atoms with van der Waals surface area (Å²) in [7, 11) is 0. The van der Waals surface area contributed by atoms with Crippen LogP contribution in [0.2, 0.25) is 5.02 Å². The molecule has 0 aliphatic heterocycles. The van der Waals surface area contributed by atoms with Crippen molar-refractivity contribution in [1.29, 1.82) is 0 Å². The number of rotatable bonds is 2. The average Bonchev–Trinajstić information content (AvgIpc) is 2.07. The molecule has 0 aliphatic carbocycles. The molecule has 0 atom stereocenters. The van der Waals surface area contributed by atoms with E-state index in [-0.39, 0.29) is 57.4 Å². The molecule has 0 spiro atoms. The molecule has 0 N–H and O–H groups in total. The van der Waals surface area contributed by atoms with Crippen molar-refractivity contribution in [3.63, 3.8) is 0 Å². The SMILES string of the molecule is Fc1cc(F)c(/C=C/[B-](F)(F)F)cc1Cl.[K+]. The van der Waals surface area contributed by atoms with Gasteiger partial charge in [0.25, 0.3) is 0 Å². The zero-order valence-electron chi connectivity index (χ0n) is 8.15. The third kappa shape index (κ3) is 5.29. The van der Waals surface area contributed by atoms with Crippen LogP contribution in [-0.2, 0) is 0 Å². The van der Waals surface area contributed by atoms with Crippen LogP contribution in [0.1, 0.15) is 5.56 Å². The smallest absolute Gasteiger partial charge is 0.445 e. The Kier molecular flexibility index (Phi) is 6.76. The minimum Gasteiger partial charge on any atom is -0.445 e. The Morgan fingerprint density at radius 1 is 1.06 bits per heavy atom. The van der Waals surface area contributed by atoms with E-state index in [2.05, 4.69) is 0 Å². The van der Waals surface area contributed by atoms with Gasteiger partial charge in [-0.2, -0.15) is 0 Å². The number of hydrogen-bond donors (Lipinski definition) is 0. The molecular formula is C8H4BClF5K. The number of halogens is 6. The van der Waals surface area contributed by atoms with E-state index in [1.165, 1.54) is 0 Å². The molecule has 0 unspecified atom stereocenters. The zero-order valence-corrected chi connectivity index (χ0v) is 12.0. The molecule has 1 aromatic carbocycles. The van der Waals surface area contributed by atoms with Crippen LogP contribution >= 0.6 is 11.6 Å². The van der Waals surface area contributed by atoms with Gasteiger partial charge in [0.15, 0.2) is 0 Å². The van der Waals surface area contributed by atoms with Gasteiger partial charge in [0.1, 0.15) is 11.6 Å². The van der Waals surface area contributed by atoms with E-state index in [0.29, 0.717) is 12.1 Å². The average molecular weight is 280 g/mol. The number of hydrogen-bond acceptors (Lipinski definition) is 0. The molecule has 0 aliphatic rings. The Labute approximate surface area is 136 Å². The molecular weight excluding hydrogens is 276 g/mol. The summed E-state index contributed by atoms with van der Waals surface area (Å²) in [4.78, 5) is 0. The van der Waals surface area contributed by atoms with Gasteiger partial charge >= 0.3 is 58.4 Å². The summed E-state index contributed by atoms with van der Waals surface area (Å²) in [5, 5.41) is -0.425. The minimum atomic E-state index is -5.15. The fourth-order valence-corrected chi connectivity index (χ4v) is 1.05. The Hall–Kier alpha value is 0.601. The van der Waals surface area contributed by atoms with E-state index in [4.69, 9.17) is 11.6 Å². The van der Waals surface area contributed by atoms with Crippen molar-refractivity contribution in [2.75, 3.05) is 0 Å². The van der Waals surface area contributed by atoms with E-state index in [9.17, 15) is 21.7 Å². The Morgan fingerprint density at radius 3 is 2.12 bits per heavy atom. The van der Waals surface area contributed by atoms with Crippen LogP contribution in [0.5, 0.6) is 0 Å². The Morgan fingerprint density at radius 2 is 1.62 bits per heavy atom. The fraction of sp³-hybridized carbons (Fsp3) is 0. The van der Waals surface area contributed by atoms with Crippen molar-refractivity contribution in [3.8, 4) is 0 Å². The molecule has 0 radical (unpaired) electrons. The van der Waals surface area contributed by atoms with Crippen molar-refractivity contribution in [1.82, 2.24) is 0 Å². The van der Waals surface area contributed by atoms with Crippen molar-refractivity contribution in [2.45, 2.75) is 0 Å². The monoisotopic (exact) mass is 280 g/mol. The maximum Gasteiger partial charge on any atom is 1.00 e. The third-order valence-corrected chi connectivity index (χ3v) is 1.82. The van der Waals surface area contributed by atoms with Gasteiger partial charge in [0, 0.05) is 11.6 Å². The van der Waals surface area contributed by atoms with Crippen LogP contribution in [-0.4, -0.2) is 6.98 Å². The standard InChI is InChI=1S/C8H4BClF5.K/c10-6-3-5(1-2-9(13,14)15)7(11)4-8(6)12;/h1-4H;/q-1;+1/b2-1+;. The van der Waals surface area contributed by atoms with E-state index in [1.54, 1.807) is 0 Å². The second-order valence-corrected chi connectivity index (χ2v) is 3.18. The van der Waals surface area contributed by atoms with Gasteiger partial charge in [-0.25, -0.2) is 8.78 Å². The predicted molar refractivity (Wildman–Crippen MR) is 49.5 cm³/mol. The molecule has 0 bridgehead atoms. The molecule has 16 heavy (non-hydrogen) atoms. The van der Waals surface area contributed by atoms with Crippen LogP contribution in [0.4, 0.5) is 21.7 Å². The van der Waals surface area contributed by atoms with Gasteiger partial charge in [-0.05, 0) is 6.07 Å². The second-order valence-electron chi connectivity index (χ2n) is 2.77. The van der Waals surface area contributed by atoms with Crippen molar-refractivity contribution >= 4 is 24.7 Å². The first-order chi connectivity index (χ1) is 6.79. The first-order valence-corrected chi connectivity index (χ1v) is 4.21. The summed E-state index contributed by atoms with van der Waals surface area (Å²) in [6.45, 7) is -5.15. The summed E-state index contributed by atoms with van der Waals surface area (Å²) in [5.41, 5.74) is -0.402. The molecule has 8 heteroatoms. The molecule has 0 heterocycles. The minimum absolute atomic E-state index is 0. The van der Waals surface area contributed by atoms with Crippen LogP contribution in [0, 0.1) is 11.6 Å². The van der Waals surface area contributed by atoms with Gasteiger partial charge in [0.2, 0.25) is 0 Å².